The number of anilines is 2. The van der Waals surface area contributed by atoms with E-state index >= 15 is 0 Å². The average molecular weight is 516 g/mol. The maximum absolute atomic E-state index is 12.8. The third-order valence-electron chi connectivity index (χ3n) is 4.94. The molecule has 3 aromatic carbocycles. The van der Waals surface area contributed by atoms with E-state index in [-0.39, 0.29) is 22.5 Å². The molecule has 36 heavy (non-hydrogen) atoms. The Labute approximate surface area is 218 Å². The highest BCUT2D eigenvalue weighted by molar-refractivity contribution is 7.80. The predicted molar refractivity (Wildman–Crippen MR) is 149 cm³/mol. The van der Waals surface area contributed by atoms with Gasteiger partial charge in [0.05, 0.1) is 23.9 Å². The van der Waals surface area contributed by atoms with Crippen molar-refractivity contribution in [2.24, 2.45) is 10.2 Å². The Morgan fingerprint density at radius 3 is 1.72 bits per heavy atom. The molecule has 4 N–H and O–H groups in total. The first-order chi connectivity index (χ1) is 17.5. The molecular formula is C25H21N7O2S2. The summed E-state index contributed by atoms with van der Waals surface area (Å²) in [5, 5.41) is 14.8. The molecule has 1 aliphatic heterocycles. The largest absolute Gasteiger partial charge is 0.331 e. The van der Waals surface area contributed by atoms with Gasteiger partial charge in [0.15, 0.2) is 10.2 Å². The molecule has 1 aliphatic rings. The van der Waals surface area contributed by atoms with Crippen LogP contribution in [0.4, 0.5) is 11.4 Å². The molecule has 0 atom stereocenters. The summed E-state index contributed by atoms with van der Waals surface area (Å²) in [4.78, 5) is 26.7. The van der Waals surface area contributed by atoms with E-state index in [2.05, 4.69) is 31.7 Å². The van der Waals surface area contributed by atoms with Crippen LogP contribution < -0.4 is 21.5 Å². The van der Waals surface area contributed by atoms with Crippen molar-refractivity contribution in [2.45, 2.75) is 0 Å². The highest BCUT2D eigenvalue weighted by Crippen LogP contribution is 2.22. The van der Waals surface area contributed by atoms with E-state index in [0.717, 1.165) is 16.3 Å². The first-order valence-corrected chi connectivity index (χ1v) is 11.6. The third kappa shape index (κ3) is 6.34. The third-order valence-corrected chi connectivity index (χ3v) is 5.33. The molecule has 0 saturated carbocycles. The van der Waals surface area contributed by atoms with E-state index in [0.29, 0.717) is 11.1 Å². The van der Waals surface area contributed by atoms with E-state index in [4.69, 9.17) is 24.4 Å². The molecule has 3 aromatic rings. The van der Waals surface area contributed by atoms with Crippen LogP contribution in [0.25, 0.3) is 0 Å². The molecule has 0 saturated heterocycles. The summed E-state index contributed by atoms with van der Waals surface area (Å²) in [7, 11) is 0. The Kier molecular flexibility index (Phi) is 8.06. The van der Waals surface area contributed by atoms with Crippen molar-refractivity contribution in [3.05, 3.63) is 96.1 Å². The number of rotatable bonds is 7. The molecular weight excluding hydrogens is 494 g/mol. The maximum Gasteiger partial charge on any atom is 0.261 e. The molecule has 0 fully saturated rings. The number of thiocarbonyl (C=S) groups is 2. The van der Waals surface area contributed by atoms with Crippen LogP contribution in [-0.4, -0.2) is 45.4 Å². The Balaban J connectivity index is 1.45. The number of para-hydroxylation sites is 2. The topological polar surface area (TPSA) is 110 Å². The number of hydrazone groups is 2. The molecule has 2 amide bonds. The minimum Gasteiger partial charge on any atom is -0.331 e. The Morgan fingerprint density at radius 1 is 0.722 bits per heavy atom. The van der Waals surface area contributed by atoms with Crippen molar-refractivity contribution in [3.8, 4) is 0 Å². The lowest BCUT2D eigenvalue weighted by Crippen LogP contribution is -2.37. The van der Waals surface area contributed by atoms with Crippen molar-refractivity contribution in [1.82, 2.24) is 15.8 Å². The van der Waals surface area contributed by atoms with Crippen LogP contribution in [0.3, 0.4) is 0 Å². The Hall–Kier alpha value is -4.48. The van der Waals surface area contributed by atoms with Gasteiger partial charge in [-0.3, -0.25) is 25.3 Å². The number of imide groups is 1. The molecule has 0 spiro atoms. The van der Waals surface area contributed by atoms with Crippen LogP contribution in [0.1, 0.15) is 20.7 Å². The maximum atomic E-state index is 12.8. The summed E-state index contributed by atoms with van der Waals surface area (Å²) < 4.78 is 0. The second kappa shape index (κ2) is 11.8. The summed E-state index contributed by atoms with van der Waals surface area (Å²) in [6.45, 7) is -0.128. The minimum atomic E-state index is -0.407. The number of benzene rings is 3. The van der Waals surface area contributed by atoms with Crippen molar-refractivity contribution in [3.63, 3.8) is 0 Å². The summed E-state index contributed by atoms with van der Waals surface area (Å²) in [6, 6.07) is 25.3. The molecule has 0 radical (unpaired) electrons. The Morgan fingerprint density at radius 2 is 1.19 bits per heavy atom. The number of amides is 2. The molecule has 180 valence electrons. The van der Waals surface area contributed by atoms with Crippen LogP contribution in [-0.2, 0) is 0 Å². The minimum absolute atomic E-state index is 0.128. The number of carbonyl (C=O) groups excluding carboxylic acids is 2. The van der Waals surface area contributed by atoms with Gasteiger partial charge in [0.2, 0.25) is 0 Å². The normalized spacial score (nSPS) is 12.9. The highest BCUT2D eigenvalue weighted by Gasteiger charge is 2.35. The van der Waals surface area contributed by atoms with E-state index < -0.39 is 11.8 Å². The first kappa shape index (κ1) is 24.6. The lowest BCUT2D eigenvalue weighted by atomic mass is 10.1. The standard InChI is InChI=1S/C25H21N7O2S2/c33-22-20-13-7-8-14-21(20)23(34)32(22)16-19(29-31-25(36)28-18-11-5-2-6-12-18)15-26-30-24(35)27-17-9-3-1-4-10-17/h1-15H,16H2,(H2,27,30,35)(H2,28,31,36)/b26-15+,29-19-. The van der Waals surface area contributed by atoms with Gasteiger partial charge in [-0.2, -0.15) is 10.2 Å². The zero-order valence-electron chi connectivity index (χ0n) is 18.8. The molecule has 4 rings (SSSR count). The highest BCUT2D eigenvalue weighted by atomic mass is 32.1. The summed E-state index contributed by atoms with van der Waals surface area (Å²) >= 11 is 10.6. The van der Waals surface area contributed by atoms with Gasteiger partial charge in [0.25, 0.3) is 11.8 Å². The fourth-order valence-corrected chi connectivity index (χ4v) is 3.63. The first-order valence-electron chi connectivity index (χ1n) is 10.8. The summed E-state index contributed by atoms with van der Waals surface area (Å²) in [5.41, 5.74) is 7.95. The van der Waals surface area contributed by atoms with Crippen LogP contribution in [0.15, 0.2) is 95.1 Å². The lowest BCUT2D eigenvalue weighted by molar-refractivity contribution is 0.0678. The van der Waals surface area contributed by atoms with E-state index in [1.165, 1.54) is 6.21 Å². The number of hydrogen-bond acceptors (Lipinski definition) is 6. The number of fused-ring (bicyclic) bond motifs is 1. The SMILES string of the molecule is O=C1c2ccccc2C(=O)N1CC(/C=N/NC(=S)Nc1ccccc1)=N\NC(=S)Nc1ccccc1. The Bertz CT molecular complexity index is 1310. The van der Waals surface area contributed by atoms with Crippen LogP contribution >= 0.6 is 24.4 Å². The van der Waals surface area contributed by atoms with Gasteiger partial charge in [-0.05, 0) is 60.8 Å². The van der Waals surface area contributed by atoms with Crippen molar-refractivity contribution >= 4 is 69.8 Å². The molecule has 0 aromatic heterocycles. The second-order valence-electron chi connectivity index (χ2n) is 7.47. The zero-order chi connectivity index (χ0) is 25.3. The fourth-order valence-electron chi connectivity index (χ4n) is 3.30. The quantitative estimate of drug-likeness (QED) is 0.164. The number of nitrogens with one attached hydrogen (secondary N) is 4. The molecule has 0 unspecified atom stereocenters. The molecule has 1 heterocycles. The summed E-state index contributed by atoms with van der Waals surface area (Å²) in [5.74, 6) is -0.813. The van der Waals surface area contributed by atoms with Gasteiger partial charge in [-0.25, -0.2) is 0 Å². The van der Waals surface area contributed by atoms with Gasteiger partial charge in [-0.15, -0.1) is 0 Å². The van der Waals surface area contributed by atoms with Crippen LogP contribution in [0, 0.1) is 0 Å². The fraction of sp³-hybridized carbons (Fsp3) is 0.0400. The zero-order valence-corrected chi connectivity index (χ0v) is 20.5. The van der Waals surface area contributed by atoms with E-state index in [1.54, 1.807) is 24.3 Å². The van der Waals surface area contributed by atoms with Gasteiger partial charge >= 0.3 is 0 Å². The smallest absolute Gasteiger partial charge is 0.261 e. The van der Waals surface area contributed by atoms with Crippen molar-refractivity contribution in [1.29, 1.82) is 0 Å². The number of hydrogen-bond donors (Lipinski definition) is 4. The van der Waals surface area contributed by atoms with E-state index in [9.17, 15) is 9.59 Å². The molecule has 0 bridgehead atoms. The monoisotopic (exact) mass is 515 g/mol. The van der Waals surface area contributed by atoms with Crippen molar-refractivity contribution in [2.75, 3.05) is 17.2 Å². The summed E-state index contributed by atoms with van der Waals surface area (Å²) in [6.07, 6.45) is 1.36. The average Bonchev–Trinajstić information content (AvgIpc) is 3.13. The molecule has 9 nitrogen and oxygen atoms in total. The van der Waals surface area contributed by atoms with Crippen LogP contribution in [0.5, 0.6) is 0 Å². The number of nitrogens with zero attached hydrogens (tertiary/aromatic N) is 3. The van der Waals surface area contributed by atoms with Gasteiger partial charge < -0.3 is 10.6 Å². The van der Waals surface area contributed by atoms with Crippen LogP contribution in [0.2, 0.25) is 0 Å². The lowest BCUT2D eigenvalue weighted by Gasteiger charge is -2.14. The second-order valence-corrected chi connectivity index (χ2v) is 8.28. The molecule has 11 heteroatoms. The number of carbonyl (C=O) groups is 2. The molecule has 0 aliphatic carbocycles. The van der Waals surface area contributed by atoms with E-state index in [1.807, 2.05) is 60.7 Å². The predicted octanol–water partition coefficient (Wildman–Crippen LogP) is 3.60. The van der Waals surface area contributed by atoms with Crippen molar-refractivity contribution < 1.29 is 9.59 Å². The van der Waals surface area contributed by atoms with Gasteiger partial charge in [0, 0.05) is 11.4 Å². The van der Waals surface area contributed by atoms with Gasteiger partial charge in [0.1, 0.15) is 5.71 Å². The van der Waals surface area contributed by atoms with Gasteiger partial charge in [-0.1, -0.05) is 48.5 Å².